The largest absolute Gasteiger partial charge is 0.451 e. The number of hydrogen-bond acceptors (Lipinski definition) is 6. The summed E-state index contributed by atoms with van der Waals surface area (Å²) in [6.07, 6.45) is -2.78. The number of carbonyl (C=O) groups is 1. The minimum absolute atomic E-state index is 0.0211. The molecule has 0 saturated carbocycles. The highest BCUT2D eigenvalue weighted by Crippen LogP contribution is 2.33. The lowest BCUT2D eigenvalue weighted by Gasteiger charge is -2.33. The highest BCUT2D eigenvalue weighted by Gasteiger charge is 2.42. The minimum Gasteiger partial charge on any atom is -0.326 e. The average Bonchev–Trinajstić information content (AvgIpc) is 2.99. The molecule has 0 radical (unpaired) electrons. The van der Waals surface area contributed by atoms with Crippen molar-refractivity contribution in [2.24, 2.45) is 0 Å². The summed E-state index contributed by atoms with van der Waals surface area (Å²) < 4.78 is 39.9. The van der Waals surface area contributed by atoms with Crippen LogP contribution < -0.4 is 0 Å². The summed E-state index contributed by atoms with van der Waals surface area (Å²) in [6, 6.07) is 0.924. The minimum atomic E-state index is -4.58. The molecule has 1 atom stereocenters. The quantitative estimate of drug-likeness (QED) is 0.595. The number of halogens is 3. The van der Waals surface area contributed by atoms with Crippen molar-refractivity contribution in [2.75, 3.05) is 12.8 Å². The highest BCUT2D eigenvalue weighted by atomic mass is 32.2. The molecule has 3 rings (SSSR count). The van der Waals surface area contributed by atoms with Crippen LogP contribution in [0.2, 0.25) is 0 Å². The van der Waals surface area contributed by atoms with Crippen molar-refractivity contribution >= 4 is 17.7 Å². The Hall–Kier alpha value is -2.17. The van der Waals surface area contributed by atoms with E-state index in [1.165, 1.54) is 16.7 Å². The van der Waals surface area contributed by atoms with E-state index in [2.05, 4.69) is 20.2 Å². The van der Waals surface area contributed by atoms with E-state index in [-0.39, 0.29) is 30.5 Å². The van der Waals surface area contributed by atoms with Gasteiger partial charge < -0.3 is 9.47 Å². The van der Waals surface area contributed by atoms with Gasteiger partial charge in [0.05, 0.1) is 6.04 Å². The summed E-state index contributed by atoms with van der Waals surface area (Å²) in [7, 11) is 0. The second kappa shape index (κ2) is 6.28. The van der Waals surface area contributed by atoms with E-state index in [0.29, 0.717) is 10.9 Å². The SMILES string of the molecule is CSc1nc(C)cc(C(=O)N2CCn3c(nnc3C(F)(F)F)C2C)n1. The Morgan fingerprint density at radius 2 is 2.00 bits per heavy atom. The Balaban J connectivity index is 1.92. The normalized spacial score (nSPS) is 17.5. The van der Waals surface area contributed by atoms with Gasteiger partial charge in [-0.1, -0.05) is 11.8 Å². The summed E-state index contributed by atoms with van der Waals surface area (Å²) >= 11 is 1.31. The molecule has 1 unspecified atom stereocenters. The van der Waals surface area contributed by atoms with Gasteiger partial charge in [0.25, 0.3) is 5.91 Å². The van der Waals surface area contributed by atoms with Crippen LogP contribution in [0.4, 0.5) is 13.2 Å². The zero-order chi connectivity index (χ0) is 18.4. The van der Waals surface area contributed by atoms with Gasteiger partial charge in [-0.2, -0.15) is 13.2 Å². The number of aromatic nitrogens is 5. The first-order chi connectivity index (χ1) is 11.7. The van der Waals surface area contributed by atoms with Crippen molar-refractivity contribution in [1.29, 1.82) is 0 Å². The molecule has 2 aromatic heterocycles. The van der Waals surface area contributed by atoms with Gasteiger partial charge in [-0.15, -0.1) is 10.2 Å². The molecule has 3 heterocycles. The number of carbonyl (C=O) groups excluding carboxylic acids is 1. The number of aryl methyl sites for hydroxylation is 1. The van der Waals surface area contributed by atoms with Crippen LogP contribution in [-0.2, 0) is 12.7 Å². The average molecular weight is 372 g/mol. The Bertz CT molecular complexity index is 821. The number of amides is 1. The fraction of sp³-hybridized carbons (Fsp3) is 0.500. The first-order valence-electron chi connectivity index (χ1n) is 7.43. The van der Waals surface area contributed by atoms with Gasteiger partial charge in [-0.05, 0) is 26.2 Å². The summed E-state index contributed by atoms with van der Waals surface area (Å²) in [5.74, 6) is -1.29. The Morgan fingerprint density at radius 3 is 2.64 bits per heavy atom. The van der Waals surface area contributed by atoms with Gasteiger partial charge in [0.2, 0.25) is 5.82 Å². The molecule has 0 fully saturated rings. The lowest BCUT2D eigenvalue weighted by Crippen LogP contribution is -2.42. The number of rotatable bonds is 2. The maximum absolute atomic E-state index is 13.0. The maximum atomic E-state index is 13.0. The number of fused-ring (bicyclic) bond motifs is 1. The van der Waals surface area contributed by atoms with Crippen LogP contribution in [0, 0.1) is 6.92 Å². The smallest absolute Gasteiger partial charge is 0.326 e. The van der Waals surface area contributed by atoms with Gasteiger partial charge in [-0.25, -0.2) is 9.97 Å². The van der Waals surface area contributed by atoms with Crippen molar-refractivity contribution in [1.82, 2.24) is 29.6 Å². The monoisotopic (exact) mass is 372 g/mol. The third-order valence-corrected chi connectivity index (χ3v) is 4.48. The Kier molecular flexibility index (Phi) is 4.43. The van der Waals surface area contributed by atoms with Gasteiger partial charge in [0.15, 0.2) is 11.0 Å². The molecule has 134 valence electrons. The van der Waals surface area contributed by atoms with Crippen LogP contribution in [0.5, 0.6) is 0 Å². The first kappa shape index (κ1) is 17.6. The lowest BCUT2D eigenvalue weighted by atomic mass is 10.1. The maximum Gasteiger partial charge on any atom is 0.451 e. The number of thioether (sulfide) groups is 1. The van der Waals surface area contributed by atoms with E-state index < -0.39 is 18.0 Å². The van der Waals surface area contributed by atoms with Crippen molar-refractivity contribution in [3.8, 4) is 0 Å². The number of hydrogen-bond donors (Lipinski definition) is 0. The van der Waals surface area contributed by atoms with E-state index in [1.807, 2.05) is 0 Å². The molecule has 7 nitrogen and oxygen atoms in total. The second-order valence-corrected chi connectivity index (χ2v) is 6.36. The van der Waals surface area contributed by atoms with E-state index in [4.69, 9.17) is 0 Å². The third-order valence-electron chi connectivity index (χ3n) is 3.93. The van der Waals surface area contributed by atoms with Crippen LogP contribution >= 0.6 is 11.8 Å². The topological polar surface area (TPSA) is 76.8 Å². The van der Waals surface area contributed by atoms with Crippen LogP contribution in [0.15, 0.2) is 11.2 Å². The molecule has 25 heavy (non-hydrogen) atoms. The number of alkyl halides is 3. The van der Waals surface area contributed by atoms with Crippen LogP contribution in [0.25, 0.3) is 0 Å². The van der Waals surface area contributed by atoms with Crippen LogP contribution in [0.3, 0.4) is 0 Å². The fourth-order valence-electron chi connectivity index (χ4n) is 2.76. The molecule has 0 aliphatic carbocycles. The molecule has 0 aromatic carbocycles. The van der Waals surface area contributed by atoms with E-state index in [9.17, 15) is 18.0 Å². The summed E-state index contributed by atoms with van der Waals surface area (Å²) in [4.78, 5) is 22.6. The van der Waals surface area contributed by atoms with Crippen molar-refractivity contribution in [2.45, 2.75) is 37.8 Å². The van der Waals surface area contributed by atoms with Crippen molar-refractivity contribution in [3.63, 3.8) is 0 Å². The predicted octanol–water partition coefficient (Wildman–Crippen LogP) is 2.33. The molecule has 0 N–H and O–H groups in total. The Morgan fingerprint density at radius 1 is 1.28 bits per heavy atom. The third kappa shape index (κ3) is 3.20. The van der Waals surface area contributed by atoms with Gasteiger partial charge in [-0.3, -0.25) is 4.79 Å². The van der Waals surface area contributed by atoms with Gasteiger partial charge in [0, 0.05) is 18.8 Å². The van der Waals surface area contributed by atoms with Crippen LogP contribution in [-0.4, -0.2) is 48.3 Å². The number of nitrogens with zero attached hydrogens (tertiary/aromatic N) is 6. The fourth-order valence-corrected chi connectivity index (χ4v) is 3.19. The predicted molar refractivity (Wildman–Crippen MR) is 83.0 cm³/mol. The van der Waals surface area contributed by atoms with E-state index >= 15 is 0 Å². The van der Waals surface area contributed by atoms with Crippen molar-refractivity contribution < 1.29 is 18.0 Å². The highest BCUT2D eigenvalue weighted by molar-refractivity contribution is 7.98. The first-order valence-corrected chi connectivity index (χ1v) is 8.65. The molecule has 0 saturated heterocycles. The lowest BCUT2D eigenvalue weighted by molar-refractivity contribution is -0.148. The molecule has 0 bridgehead atoms. The molecule has 1 amide bonds. The zero-order valence-corrected chi connectivity index (χ0v) is 14.5. The van der Waals surface area contributed by atoms with Gasteiger partial charge in [0.1, 0.15) is 5.69 Å². The summed E-state index contributed by atoms with van der Waals surface area (Å²) in [5.41, 5.74) is 0.864. The summed E-state index contributed by atoms with van der Waals surface area (Å²) in [5, 5.41) is 7.36. The van der Waals surface area contributed by atoms with E-state index in [0.717, 1.165) is 4.57 Å². The Labute approximate surface area is 145 Å². The zero-order valence-electron chi connectivity index (χ0n) is 13.7. The molecular weight excluding hydrogens is 357 g/mol. The molecule has 11 heteroatoms. The van der Waals surface area contributed by atoms with E-state index in [1.54, 1.807) is 26.2 Å². The van der Waals surface area contributed by atoms with Gasteiger partial charge >= 0.3 is 6.18 Å². The van der Waals surface area contributed by atoms with Crippen LogP contribution in [0.1, 0.15) is 40.8 Å². The molecule has 1 aliphatic rings. The molecule has 0 spiro atoms. The molecule has 1 aliphatic heterocycles. The molecule has 2 aromatic rings. The van der Waals surface area contributed by atoms with Crippen molar-refractivity contribution in [3.05, 3.63) is 29.1 Å². The molecular formula is C14H15F3N6OS. The second-order valence-electron chi connectivity index (χ2n) is 5.59. The summed E-state index contributed by atoms with van der Waals surface area (Å²) in [6.45, 7) is 3.48. The standard InChI is InChI=1S/C14H15F3N6OS/c1-7-6-9(19-13(18-7)25-3)11(24)22-4-5-23-10(8(22)2)20-21-12(23)14(15,16)17/h6,8H,4-5H2,1-3H3.